The Hall–Kier alpha value is -3.33. The number of benzene rings is 1. The van der Waals surface area contributed by atoms with Gasteiger partial charge in [-0.15, -0.1) is 16.4 Å². The Kier molecular flexibility index (Phi) is 4.28. The highest BCUT2D eigenvalue weighted by Crippen LogP contribution is 2.26. The molecule has 1 amide bonds. The maximum atomic E-state index is 13.6. The van der Waals surface area contributed by atoms with Crippen molar-refractivity contribution < 1.29 is 13.6 Å². The van der Waals surface area contributed by atoms with Gasteiger partial charge in [0.2, 0.25) is 5.95 Å². The van der Waals surface area contributed by atoms with Crippen molar-refractivity contribution in [2.75, 3.05) is 5.73 Å². The molecule has 1 aromatic carbocycles. The smallest absolute Gasteiger partial charge is 0.261 e. The molecule has 0 unspecified atom stereocenters. The number of carbonyl (C=O) groups excluding carboxylic acids is 1. The number of fused-ring (bicyclic) bond motifs is 1. The number of anilines is 1. The number of hydrogen-bond donors (Lipinski definition) is 2. The molecule has 3 N–H and O–H groups in total. The molecule has 136 valence electrons. The van der Waals surface area contributed by atoms with Gasteiger partial charge in [-0.25, -0.2) is 13.3 Å². The van der Waals surface area contributed by atoms with Gasteiger partial charge in [0.1, 0.15) is 11.6 Å². The van der Waals surface area contributed by atoms with Crippen LogP contribution in [0.2, 0.25) is 0 Å². The molecule has 3 aromatic heterocycles. The fraction of sp³-hybridized carbons (Fsp3) is 0.0556. The van der Waals surface area contributed by atoms with Crippen LogP contribution < -0.4 is 11.1 Å². The molecule has 4 rings (SSSR count). The summed E-state index contributed by atoms with van der Waals surface area (Å²) in [7, 11) is 0. The van der Waals surface area contributed by atoms with Crippen LogP contribution in [0.5, 0.6) is 0 Å². The van der Waals surface area contributed by atoms with Gasteiger partial charge in [0.15, 0.2) is 5.65 Å². The Labute approximate surface area is 156 Å². The molecular weight excluding hydrogens is 372 g/mol. The molecule has 0 radical (unpaired) electrons. The third kappa shape index (κ3) is 3.36. The van der Waals surface area contributed by atoms with Crippen molar-refractivity contribution in [1.82, 2.24) is 19.9 Å². The second kappa shape index (κ2) is 6.76. The van der Waals surface area contributed by atoms with Gasteiger partial charge in [-0.2, -0.15) is 4.98 Å². The number of nitrogen functional groups attached to an aromatic ring is 1. The number of nitrogens with two attached hydrogens (primary N) is 1. The van der Waals surface area contributed by atoms with E-state index in [1.54, 1.807) is 22.8 Å². The van der Waals surface area contributed by atoms with Crippen molar-refractivity contribution in [2.24, 2.45) is 0 Å². The normalized spacial score (nSPS) is 11.0. The van der Waals surface area contributed by atoms with Crippen molar-refractivity contribution in [2.45, 2.75) is 6.54 Å². The van der Waals surface area contributed by atoms with Crippen molar-refractivity contribution in [1.29, 1.82) is 0 Å². The quantitative estimate of drug-likeness (QED) is 0.565. The number of hydrogen-bond acceptors (Lipinski definition) is 5. The molecule has 9 heteroatoms. The number of carbonyl (C=O) groups is 1. The standard InChI is InChI=1S/C18H13F2N5OS/c19-13-2-1-3-14(20)12(13)7-22-17(26)15-6-11(9-27-15)10-4-5-16-23-18(21)24-25(16)8-10/h1-6,8-9H,7H2,(H2,21,24)(H,22,26). The van der Waals surface area contributed by atoms with Gasteiger partial charge in [0, 0.05) is 23.9 Å². The first-order chi connectivity index (χ1) is 13.0. The first-order valence-electron chi connectivity index (χ1n) is 7.93. The molecule has 3 heterocycles. The maximum absolute atomic E-state index is 13.6. The third-order valence-electron chi connectivity index (χ3n) is 3.99. The van der Waals surface area contributed by atoms with E-state index in [2.05, 4.69) is 15.4 Å². The first-order valence-corrected chi connectivity index (χ1v) is 8.81. The Bertz CT molecular complexity index is 1130. The average Bonchev–Trinajstić information content (AvgIpc) is 3.26. The molecule has 0 spiro atoms. The van der Waals surface area contributed by atoms with Crippen LogP contribution in [0, 0.1) is 11.6 Å². The van der Waals surface area contributed by atoms with Crippen LogP contribution in [0.1, 0.15) is 15.2 Å². The topological polar surface area (TPSA) is 85.3 Å². The SMILES string of the molecule is Nc1nc2ccc(-c3csc(C(=O)NCc4c(F)cccc4F)c3)cn2n1. The number of aromatic nitrogens is 3. The monoisotopic (exact) mass is 385 g/mol. The zero-order chi connectivity index (χ0) is 19.0. The van der Waals surface area contributed by atoms with E-state index >= 15 is 0 Å². The summed E-state index contributed by atoms with van der Waals surface area (Å²) in [6.07, 6.45) is 1.76. The Balaban J connectivity index is 1.51. The first kappa shape index (κ1) is 17.1. The average molecular weight is 385 g/mol. The minimum absolute atomic E-state index is 0.170. The largest absolute Gasteiger partial charge is 0.366 e. The van der Waals surface area contributed by atoms with E-state index in [4.69, 9.17) is 5.73 Å². The predicted octanol–water partition coefficient (Wildman–Crippen LogP) is 3.25. The minimum Gasteiger partial charge on any atom is -0.366 e. The van der Waals surface area contributed by atoms with E-state index in [-0.39, 0.29) is 18.1 Å². The molecule has 0 saturated heterocycles. The number of rotatable bonds is 4. The highest BCUT2D eigenvalue weighted by molar-refractivity contribution is 7.12. The summed E-state index contributed by atoms with van der Waals surface area (Å²) >= 11 is 1.24. The molecule has 0 aliphatic carbocycles. The summed E-state index contributed by atoms with van der Waals surface area (Å²) in [5.74, 6) is -1.61. The van der Waals surface area contributed by atoms with Crippen molar-refractivity contribution in [3.63, 3.8) is 0 Å². The van der Waals surface area contributed by atoms with E-state index in [1.807, 2.05) is 11.4 Å². The summed E-state index contributed by atoms with van der Waals surface area (Å²) < 4.78 is 28.9. The van der Waals surface area contributed by atoms with Crippen LogP contribution in [-0.2, 0) is 6.54 Å². The number of thiophene rings is 1. The summed E-state index contributed by atoms with van der Waals surface area (Å²) in [6, 6.07) is 8.92. The Morgan fingerprint density at radius 2 is 1.96 bits per heavy atom. The van der Waals surface area contributed by atoms with E-state index in [0.717, 1.165) is 23.3 Å². The van der Waals surface area contributed by atoms with Gasteiger partial charge in [0.25, 0.3) is 5.91 Å². The lowest BCUT2D eigenvalue weighted by molar-refractivity contribution is 0.0954. The van der Waals surface area contributed by atoms with Crippen molar-refractivity contribution >= 4 is 28.8 Å². The second-order valence-electron chi connectivity index (χ2n) is 5.77. The molecule has 27 heavy (non-hydrogen) atoms. The maximum Gasteiger partial charge on any atom is 0.261 e. The lowest BCUT2D eigenvalue weighted by Crippen LogP contribution is -2.23. The van der Waals surface area contributed by atoms with Gasteiger partial charge >= 0.3 is 0 Å². The number of pyridine rings is 1. The highest BCUT2D eigenvalue weighted by atomic mass is 32.1. The van der Waals surface area contributed by atoms with Crippen LogP contribution in [0.15, 0.2) is 48.0 Å². The predicted molar refractivity (Wildman–Crippen MR) is 98.2 cm³/mol. The lowest BCUT2D eigenvalue weighted by Gasteiger charge is -2.06. The fourth-order valence-corrected chi connectivity index (χ4v) is 3.47. The molecule has 0 aliphatic rings. The van der Waals surface area contributed by atoms with E-state index in [9.17, 15) is 13.6 Å². The summed E-state index contributed by atoms with van der Waals surface area (Å²) in [4.78, 5) is 16.8. The Morgan fingerprint density at radius 3 is 2.74 bits per heavy atom. The molecule has 0 bridgehead atoms. The molecular formula is C18H13F2N5OS. The van der Waals surface area contributed by atoms with Gasteiger partial charge < -0.3 is 11.1 Å². The van der Waals surface area contributed by atoms with E-state index in [1.165, 1.54) is 17.4 Å². The number of nitrogens with zero attached hydrogens (tertiary/aromatic N) is 3. The van der Waals surface area contributed by atoms with Gasteiger partial charge in [0.05, 0.1) is 4.88 Å². The summed E-state index contributed by atoms with van der Waals surface area (Å²) in [5.41, 5.74) is 7.68. The molecule has 0 aliphatic heterocycles. The minimum atomic E-state index is -0.692. The van der Waals surface area contributed by atoms with Gasteiger partial charge in [-0.1, -0.05) is 6.07 Å². The molecule has 4 aromatic rings. The van der Waals surface area contributed by atoms with E-state index < -0.39 is 17.5 Å². The van der Waals surface area contributed by atoms with Crippen LogP contribution in [-0.4, -0.2) is 20.5 Å². The van der Waals surface area contributed by atoms with Crippen molar-refractivity contribution in [3.05, 3.63) is 70.1 Å². The summed E-state index contributed by atoms with van der Waals surface area (Å²) in [6.45, 7) is -0.227. The van der Waals surface area contributed by atoms with Crippen LogP contribution in [0.4, 0.5) is 14.7 Å². The second-order valence-corrected chi connectivity index (χ2v) is 6.68. The highest BCUT2D eigenvalue weighted by Gasteiger charge is 2.14. The molecule has 6 nitrogen and oxygen atoms in total. The number of halogens is 2. The van der Waals surface area contributed by atoms with Gasteiger partial charge in [-0.3, -0.25) is 4.79 Å². The molecule has 0 saturated carbocycles. The number of nitrogens with one attached hydrogen (secondary N) is 1. The van der Waals surface area contributed by atoms with Gasteiger partial charge in [-0.05, 0) is 41.3 Å². The lowest BCUT2D eigenvalue weighted by atomic mass is 10.1. The molecule has 0 fully saturated rings. The van der Waals surface area contributed by atoms with Crippen LogP contribution >= 0.6 is 11.3 Å². The van der Waals surface area contributed by atoms with Crippen molar-refractivity contribution in [3.8, 4) is 11.1 Å². The van der Waals surface area contributed by atoms with Crippen LogP contribution in [0.25, 0.3) is 16.8 Å². The number of amides is 1. The summed E-state index contributed by atoms with van der Waals surface area (Å²) in [5, 5.41) is 8.42. The fourth-order valence-electron chi connectivity index (χ4n) is 2.63. The zero-order valence-corrected chi connectivity index (χ0v) is 14.6. The van der Waals surface area contributed by atoms with E-state index in [0.29, 0.717) is 10.5 Å². The Morgan fingerprint density at radius 1 is 1.19 bits per heavy atom. The third-order valence-corrected chi connectivity index (χ3v) is 4.92. The molecule has 0 atom stereocenters. The van der Waals surface area contributed by atoms with Crippen LogP contribution in [0.3, 0.4) is 0 Å². The zero-order valence-electron chi connectivity index (χ0n) is 13.8.